The Kier molecular flexibility index (Phi) is 6.76. The van der Waals surface area contributed by atoms with Crippen LogP contribution in [0.15, 0.2) is 34.6 Å². The molecule has 134 valence electrons. The van der Waals surface area contributed by atoms with Crippen molar-refractivity contribution < 1.29 is 9.90 Å². The molecule has 0 spiro atoms. The van der Waals surface area contributed by atoms with Crippen molar-refractivity contribution in [1.82, 2.24) is 15.2 Å². The SMILES string of the molecule is CCNC(=NCC(=O)Nc1ccc(O)cc1)N(C)Cc1csc(C)n1. The van der Waals surface area contributed by atoms with Crippen LogP contribution in [0.4, 0.5) is 5.69 Å². The van der Waals surface area contributed by atoms with Crippen molar-refractivity contribution in [3.05, 3.63) is 40.3 Å². The van der Waals surface area contributed by atoms with Crippen LogP contribution in [-0.4, -0.2) is 47.0 Å². The monoisotopic (exact) mass is 361 g/mol. The van der Waals surface area contributed by atoms with Crippen molar-refractivity contribution in [2.45, 2.75) is 20.4 Å². The molecule has 0 saturated heterocycles. The number of amides is 1. The standard InChI is InChI=1S/C17H23N5O2S/c1-4-18-17(22(3)10-14-11-25-12(2)20-14)19-9-16(24)21-13-5-7-15(23)8-6-13/h5-8,11,23H,4,9-10H2,1-3H3,(H,18,19)(H,21,24). The molecule has 0 fully saturated rings. The van der Waals surface area contributed by atoms with E-state index in [-0.39, 0.29) is 18.2 Å². The number of rotatable bonds is 6. The minimum absolute atomic E-state index is 0.00361. The molecule has 0 unspecified atom stereocenters. The second-order valence-electron chi connectivity index (χ2n) is 5.48. The summed E-state index contributed by atoms with van der Waals surface area (Å²) in [6, 6.07) is 6.32. The Hall–Kier alpha value is -2.61. The minimum atomic E-state index is -0.223. The Morgan fingerprint density at radius 3 is 2.68 bits per heavy atom. The van der Waals surface area contributed by atoms with Gasteiger partial charge in [0.1, 0.15) is 12.3 Å². The molecule has 25 heavy (non-hydrogen) atoms. The van der Waals surface area contributed by atoms with E-state index >= 15 is 0 Å². The zero-order valence-corrected chi connectivity index (χ0v) is 15.4. The molecule has 8 heteroatoms. The van der Waals surface area contributed by atoms with Gasteiger partial charge in [0.2, 0.25) is 5.91 Å². The highest BCUT2D eigenvalue weighted by atomic mass is 32.1. The van der Waals surface area contributed by atoms with E-state index in [4.69, 9.17) is 0 Å². The van der Waals surface area contributed by atoms with Crippen molar-refractivity contribution >= 4 is 28.9 Å². The molecule has 0 bridgehead atoms. The summed E-state index contributed by atoms with van der Waals surface area (Å²) in [7, 11) is 1.91. The average molecular weight is 361 g/mol. The topological polar surface area (TPSA) is 89.8 Å². The predicted octanol–water partition coefficient (Wildman–Crippen LogP) is 2.19. The van der Waals surface area contributed by atoms with E-state index in [9.17, 15) is 9.90 Å². The smallest absolute Gasteiger partial charge is 0.246 e. The highest BCUT2D eigenvalue weighted by molar-refractivity contribution is 7.09. The van der Waals surface area contributed by atoms with Gasteiger partial charge in [-0.05, 0) is 38.1 Å². The lowest BCUT2D eigenvalue weighted by atomic mass is 10.3. The molecule has 0 aliphatic heterocycles. The number of phenolic OH excluding ortho intramolecular Hbond substituents is 1. The van der Waals surface area contributed by atoms with Crippen LogP contribution in [0, 0.1) is 6.92 Å². The molecule has 0 atom stereocenters. The lowest BCUT2D eigenvalue weighted by molar-refractivity contribution is -0.114. The molecule has 2 aromatic rings. The summed E-state index contributed by atoms with van der Waals surface area (Å²) in [5, 5.41) is 18.2. The van der Waals surface area contributed by atoms with Crippen molar-refractivity contribution in [2.75, 3.05) is 25.5 Å². The van der Waals surface area contributed by atoms with Crippen molar-refractivity contribution in [2.24, 2.45) is 4.99 Å². The van der Waals surface area contributed by atoms with E-state index in [1.165, 1.54) is 12.1 Å². The molecule has 1 amide bonds. The first kappa shape index (κ1) is 18.7. The largest absolute Gasteiger partial charge is 0.508 e. The molecule has 2 rings (SSSR count). The molecular weight excluding hydrogens is 338 g/mol. The molecule has 1 aromatic heterocycles. The number of anilines is 1. The molecular formula is C17H23N5O2S. The number of aliphatic imine (C=N–C) groups is 1. The van der Waals surface area contributed by atoms with Gasteiger partial charge in [0.25, 0.3) is 0 Å². The number of nitrogens with one attached hydrogen (secondary N) is 2. The molecule has 1 heterocycles. The van der Waals surface area contributed by atoms with Gasteiger partial charge in [-0.2, -0.15) is 0 Å². The van der Waals surface area contributed by atoms with Crippen LogP contribution in [0.3, 0.4) is 0 Å². The number of aromatic hydroxyl groups is 1. The summed E-state index contributed by atoms with van der Waals surface area (Å²) in [5.41, 5.74) is 1.60. The molecule has 0 radical (unpaired) electrons. The Morgan fingerprint density at radius 2 is 2.08 bits per heavy atom. The first-order valence-corrected chi connectivity index (χ1v) is 8.85. The number of hydrogen-bond donors (Lipinski definition) is 3. The summed E-state index contributed by atoms with van der Waals surface area (Å²) in [6.45, 7) is 5.28. The second kappa shape index (κ2) is 9.03. The molecule has 0 aliphatic carbocycles. The predicted molar refractivity (Wildman–Crippen MR) is 101 cm³/mol. The third kappa shape index (κ3) is 6.07. The number of benzene rings is 1. The average Bonchev–Trinajstić information content (AvgIpc) is 2.98. The van der Waals surface area contributed by atoms with Crippen molar-refractivity contribution in [3.63, 3.8) is 0 Å². The van der Waals surface area contributed by atoms with Gasteiger partial charge in [-0.3, -0.25) is 4.79 Å². The maximum atomic E-state index is 12.1. The molecule has 3 N–H and O–H groups in total. The number of hydrogen-bond acceptors (Lipinski definition) is 5. The van der Waals surface area contributed by atoms with Crippen LogP contribution in [0.5, 0.6) is 5.75 Å². The summed E-state index contributed by atoms with van der Waals surface area (Å²) < 4.78 is 0. The van der Waals surface area contributed by atoms with Gasteiger partial charge < -0.3 is 20.6 Å². The number of aryl methyl sites for hydroxylation is 1. The highest BCUT2D eigenvalue weighted by Gasteiger charge is 2.10. The van der Waals surface area contributed by atoms with Crippen LogP contribution in [0.2, 0.25) is 0 Å². The maximum absolute atomic E-state index is 12.1. The van der Waals surface area contributed by atoms with Gasteiger partial charge >= 0.3 is 0 Å². The van der Waals surface area contributed by atoms with Gasteiger partial charge in [0, 0.05) is 24.7 Å². The van der Waals surface area contributed by atoms with Crippen molar-refractivity contribution in [1.29, 1.82) is 0 Å². The van der Waals surface area contributed by atoms with E-state index in [1.807, 2.05) is 31.2 Å². The number of carbonyl (C=O) groups excluding carboxylic acids is 1. The Labute approximate surface area is 151 Å². The molecule has 7 nitrogen and oxygen atoms in total. The highest BCUT2D eigenvalue weighted by Crippen LogP contribution is 2.13. The van der Waals surface area contributed by atoms with Gasteiger partial charge in [-0.25, -0.2) is 9.98 Å². The number of thiazole rings is 1. The quantitative estimate of drug-likeness (QED) is 0.417. The van der Waals surface area contributed by atoms with E-state index in [1.54, 1.807) is 23.5 Å². The maximum Gasteiger partial charge on any atom is 0.246 e. The van der Waals surface area contributed by atoms with Crippen LogP contribution in [0.25, 0.3) is 0 Å². The van der Waals surface area contributed by atoms with Gasteiger partial charge in [-0.15, -0.1) is 11.3 Å². The lowest BCUT2D eigenvalue weighted by Gasteiger charge is -2.21. The third-order valence-electron chi connectivity index (χ3n) is 3.29. The van der Waals surface area contributed by atoms with Crippen LogP contribution >= 0.6 is 11.3 Å². The first-order chi connectivity index (χ1) is 12.0. The number of phenols is 1. The number of nitrogens with zero attached hydrogens (tertiary/aromatic N) is 3. The molecule has 0 aliphatic rings. The molecule has 0 saturated carbocycles. The fraction of sp³-hybridized carbons (Fsp3) is 0.353. The van der Waals surface area contributed by atoms with E-state index in [0.717, 1.165) is 10.7 Å². The van der Waals surface area contributed by atoms with Gasteiger partial charge in [0.05, 0.1) is 17.2 Å². The molecule has 1 aromatic carbocycles. The minimum Gasteiger partial charge on any atom is -0.508 e. The van der Waals surface area contributed by atoms with Gasteiger partial charge in [-0.1, -0.05) is 0 Å². The number of guanidine groups is 1. The summed E-state index contributed by atoms with van der Waals surface area (Å²) in [5.74, 6) is 0.581. The van der Waals surface area contributed by atoms with Crippen LogP contribution < -0.4 is 10.6 Å². The van der Waals surface area contributed by atoms with E-state index in [0.29, 0.717) is 24.7 Å². The van der Waals surface area contributed by atoms with E-state index in [2.05, 4.69) is 20.6 Å². The fourth-order valence-electron chi connectivity index (χ4n) is 2.16. The third-order valence-corrected chi connectivity index (χ3v) is 4.11. The number of aromatic nitrogens is 1. The lowest BCUT2D eigenvalue weighted by Crippen LogP contribution is -2.39. The number of carbonyl (C=O) groups is 1. The Morgan fingerprint density at radius 1 is 1.36 bits per heavy atom. The van der Waals surface area contributed by atoms with E-state index < -0.39 is 0 Å². The van der Waals surface area contributed by atoms with Crippen LogP contribution in [-0.2, 0) is 11.3 Å². The fourth-order valence-corrected chi connectivity index (χ4v) is 2.76. The summed E-state index contributed by atoms with van der Waals surface area (Å²) in [4.78, 5) is 22.8. The van der Waals surface area contributed by atoms with Crippen molar-refractivity contribution in [3.8, 4) is 5.75 Å². The summed E-state index contributed by atoms with van der Waals surface area (Å²) in [6.07, 6.45) is 0. The second-order valence-corrected chi connectivity index (χ2v) is 6.54. The Balaban J connectivity index is 1.95. The zero-order chi connectivity index (χ0) is 18.2. The normalized spacial score (nSPS) is 11.2. The zero-order valence-electron chi connectivity index (χ0n) is 14.6. The summed E-state index contributed by atoms with van der Waals surface area (Å²) >= 11 is 1.61. The Bertz CT molecular complexity index is 727. The van der Waals surface area contributed by atoms with Gasteiger partial charge in [0.15, 0.2) is 5.96 Å². The van der Waals surface area contributed by atoms with Crippen LogP contribution in [0.1, 0.15) is 17.6 Å². The first-order valence-electron chi connectivity index (χ1n) is 7.97.